The first-order valence-electron chi connectivity index (χ1n) is 4.56. The van der Waals surface area contributed by atoms with Gasteiger partial charge in [0.15, 0.2) is 5.82 Å². The molecule has 0 fully saturated rings. The van der Waals surface area contributed by atoms with Crippen LogP contribution in [-0.2, 0) is 0 Å². The van der Waals surface area contributed by atoms with E-state index in [4.69, 9.17) is 16.9 Å². The summed E-state index contributed by atoms with van der Waals surface area (Å²) in [6, 6.07) is 3.27. The molecule has 0 amide bonds. The van der Waals surface area contributed by atoms with Crippen LogP contribution >= 0.6 is 43.5 Å². The van der Waals surface area contributed by atoms with Crippen molar-refractivity contribution in [1.29, 1.82) is 5.26 Å². The van der Waals surface area contributed by atoms with Crippen LogP contribution in [0.2, 0.25) is 0 Å². The second-order valence-corrected chi connectivity index (χ2v) is 5.22. The molecular formula is C10H8Br2ClFN2O. The molecule has 1 atom stereocenters. The van der Waals surface area contributed by atoms with Gasteiger partial charge in [-0.2, -0.15) is 5.26 Å². The van der Waals surface area contributed by atoms with Gasteiger partial charge in [-0.15, -0.1) is 11.6 Å². The van der Waals surface area contributed by atoms with Crippen LogP contribution in [0.3, 0.4) is 0 Å². The molecule has 1 rings (SSSR count). The summed E-state index contributed by atoms with van der Waals surface area (Å²) in [4.78, 5) is 0. The molecule has 0 radical (unpaired) electrons. The Balaban J connectivity index is 3.07. The lowest BCUT2D eigenvalue weighted by Gasteiger charge is -2.14. The van der Waals surface area contributed by atoms with Crippen LogP contribution < -0.4 is 5.32 Å². The van der Waals surface area contributed by atoms with Gasteiger partial charge < -0.3 is 10.4 Å². The number of benzene rings is 1. The fraction of sp³-hybridized carbons (Fsp3) is 0.300. The van der Waals surface area contributed by atoms with Crippen molar-refractivity contribution >= 4 is 49.1 Å². The van der Waals surface area contributed by atoms with Crippen LogP contribution in [0.15, 0.2) is 15.0 Å². The Morgan fingerprint density at radius 1 is 1.53 bits per heavy atom. The maximum atomic E-state index is 13.6. The standard InChI is InChI=1S/C10H8Br2ClFN2O/c11-7-1-8(12)10(6(3-15)9(7)14)16-4-5(17)2-13/h1,5,16-17H,2,4H2. The molecule has 17 heavy (non-hydrogen) atoms. The summed E-state index contributed by atoms with van der Waals surface area (Å²) < 4.78 is 14.4. The lowest BCUT2D eigenvalue weighted by atomic mass is 10.2. The van der Waals surface area contributed by atoms with Crippen molar-refractivity contribution in [3.63, 3.8) is 0 Å². The van der Waals surface area contributed by atoms with Gasteiger partial charge in [0, 0.05) is 11.0 Å². The van der Waals surface area contributed by atoms with Crippen molar-refractivity contribution < 1.29 is 9.50 Å². The molecule has 1 unspecified atom stereocenters. The van der Waals surface area contributed by atoms with Gasteiger partial charge >= 0.3 is 0 Å². The zero-order chi connectivity index (χ0) is 13.0. The third kappa shape index (κ3) is 3.55. The van der Waals surface area contributed by atoms with E-state index in [1.54, 1.807) is 6.07 Å². The zero-order valence-electron chi connectivity index (χ0n) is 8.48. The molecule has 0 bridgehead atoms. The summed E-state index contributed by atoms with van der Waals surface area (Å²) in [6.45, 7) is 0.137. The van der Waals surface area contributed by atoms with E-state index < -0.39 is 11.9 Å². The topological polar surface area (TPSA) is 56.0 Å². The second-order valence-electron chi connectivity index (χ2n) is 3.21. The molecule has 0 aromatic heterocycles. The molecule has 92 valence electrons. The molecule has 0 spiro atoms. The van der Waals surface area contributed by atoms with Crippen LogP contribution in [0.4, 0.5) is 10.1 Å². The minimum atomic E-state index is -0.762. The van der Waals surface area contributed by atoms with E-state index in [0.717, 1.165) is 0 Å². The van der Waals surface area contributed by atoms with Gasteiger partial charge in [0.1, 0.15) is 11.6 Å². The molecule has 7 heteroatoms. The Morgan fingerprint density at radius 3 is 2.71 bits per heavy atom. The molecule has 1 aromatic rings. The van der Waals surface area contributed by atoms with E-state index in [9.17, 15) is 9.50 Å². The highest BCUT2D eigenvalue weighted by atomic mass is 79.9. The average molecular weight is 386 g/mol. The Kier molecular flexibility index (Phi) is 5.67. The minimum Gasteiger partial charge on any atom is -0.390 e. The van der Waals surface area contributed by atoms with Gasteiger partial charge in [-0.3, -0.25) is 0 Å². The van der Waals surface area contributed by atoms with Gasteiger partial charge in [-0.25, -0.2) is 4.39 Å². The number of alkyl halides is 1. The molecule has 0 heterocycles. The van der Waals surface area contributed by atoms with Crippen molar-refractivity contribution in [1.82, 2.24) is 0 Å². The van der Waals surface area contributed by atoms with E-state index >= 15 is 0 Å². The highest BCUT2D eigenvalue weighted by Crippen LogP contribution is 2.33. The monoisotopic (exact) mass is 384 g/mol. The van der Waals surface area contributed by atoms with Gasteiger partial charge in [0.2, 0.25) is 0 Å². The van der Waals surface area contributed by atoms with Crippen molar-refractivity contribution in [3.8, 4) is 6.07 Å². The van der Waals surface area contributed by atoms with E-state index in [-0.39, 0.29) is 22.5 Å². The summed E-state index contributed by atoms with van der Waals surface area (Å²) in [7, 11) is 0. The first kappa shape index (κ1) is 14.7. The van der Waals surface area contributed by atoms with Crippen LogP contribution in [0, 0.1) is 17.1 Å². The maximum Gasteiger partial charge on any atom is 0.157 e. The van der Waals surface area contributed by atoms with E-state index in [1.807, 2.05) is 0 Å². The Morgan fingerprint density at radius 2 is 2.18 bits per heavy atom. The molecule has 0 aliphatic heterocycles. The first-order valence-corrected chi connectivity index (χ1v) is 6.68. The summed E-state index contributed by atoms with van der Waals surface area (Å²) >= 11 is 11.7. The smallest absolute Gasteiger partial charge is 0.157 e. The van der Waals surface area contributed by atoms with E-state index in [2.05, 4.69) is 37.2 Å². The molecule has 0 saturated heterocycles. The van der Waals surface area contributed by atoms with Crippen molar-refractivity contribution in [3.05, 3.63) is 26.4 Å². The maximum absolute atomic E-state index is 13.6. The lowest BCUT2D eigenvalue weighted by Crippen LogP contribution is -2.21. The van der Waals surface area contributed by atoms with Gasteiger partial charge in [0.25, 0.3) is 0 Å². The fourth-order valence-corrected chi connectivity index (χ4v) is 2.56. The number of aliphatic hydroxyl groups excluding tert-OH is 1. The number of hydrogen-bond donors (Lipinski definition) is 2. The Labute approximate surface area is 120 Å². The molecule has 0 aliphatic carbocycles. The number of rotatable bonds is 4. The molecule has 0 aliphatic rings. The second kappa shape index (κ2) is 6.55. The number of anilines is 1. The molecule has 1 aromatic carbocycles. The highest BCUT2D eigenvalue weighted by Gasteiger charge is 2.16. The summed E-state index contributed by atoms with van der Waals surface area (Å²) in [5.74, 6) is -0.579. The predicted molar refractivity (Wildman–Crippen MR) is 71.7 cm³/mol. The van der Waals surface area contributed by atoms with Gasteiger partial charge in [-0.05, 0) is 37.9 Å². The number of nitriles is 1. The third-order valence-electron chi connectivity index (χ3n) is 1.98. The normalized spacial score (nSPS) is 12.0. The fourth-order valence-electron chi connectivity index (χ4n) is 1.15. The van der Waals surface area contributed by atoms with E-state index in [1.165, 1.54) is 6.07 Å². The van der Waals surface area contributed by atoms with Crippen molar-refractivity contribution in [2.75, 3.05) is 17.7 Å². The van der Waals surface area contributed by atoms with Crippen LogP contribution in [0.25, 0.3) is 0 Å². The number of nitrogens with one attached hydrogen (secondary N) is 1. The summed E-state index contributed by atoms with van der Waals surface area (Å²) in [6.07, 6.45) is -0.762. The third-order valence-corrected chi connectivity index (χ3v) is 3.53. The molecule has 0 saturated carbocycles. The minimum absolute atomic E-state index is 0.0610. The summed E-state index contributed by atoms with van der Waals surface area (Å²) in [5.41, 5.74) is 0.186. The number of nitrogens with zero attached hydrogens (tertiary/aromatic N) is 1. The van der Waals surface area contributed by atoms with Gasteiger partial charge in [0.05, 0.1) is 22.1 Å². The van der Waals surface area contributed by atoms with Crippen LogP contribution in [0.1, 0.15) is 5.56 Å². The van der Waals surface area contributed by atoms with Gasteiger partial charge in [-0.1, -0.05) is 0 Å². The molecular weight excluding hydrogens is 378 g/mol. The van der Waals surface area contributed by atoms with Crippen LogP contribution in [0.5, 0.6) is 0 Å². The number of hydrogen-bond acceptors (Lipinski definition) is 3. The van der Waals surface area contributed by atoms with E-state index in [0.29, 0.717) is 10.2 Å². The summed E-state index contributed by atoms with van der Waals surface area (Å²) in [5, 5.41) is 21.0. The zero-order valence-corrected chi connectivity index (χ0v) is 12.4. The van der Waals surface area contributed by atoms with Crippen LogP contribution in [-0.4, -0.2) is 23.6 Å². The Bertz CT molecular complexity index is 465. The lowest BCUT2D eigenvalue weighted by molar-refractivity contribution is 0.211. The highest BCUT2D eigenvalue weighted by molar-refractivity contribution is 9.11. The largest absolute Gasteiger partial charge is 0.390 e. The number of halogens is 4. The van der Waals surface area contributed by atoms with Crippen molar-refractivity contribution in [2.45, 2.75) is 6.10 Å². The first-order chi connectivity index (χ1) is 8.01. The quantitative estimate of drug-likeness (QED) is 0.617. The number of aliphatic hydroxyl groups is 1. The van der Waals surface area contributed by atoms with Crippen molar-refractivity contribution in [2.24, 2.45) is 0 Å². The average Bonchev–Trinajstić information content (AvgIpc) is 2.31. The molecule has 3 nitrogen and oxygen atoms in total. The SMILES string of the molecule is N#Cc1c(F)c(Br)cc(Br)c1NCC(O)CCl. The molecule has 2 N–H and O–H groups in total. The Hall–Kier alpha value is -0.350. The predicted octanol–water partition coefficient (Wildman–Crippen LogP) is 3.23.